The predicted octanol–water partition coefficient (Wildman–Crippen LogP) is 0.165. The van der Waals surface area contributed by atoms with E-state index in [9.17, 15) is 4.79 Å². The maximum Gasteiger partial charge on any atom is 0.243 e. The molecule has 0 saturated heterocycles. The standard InChI is InChI=1S/C14H23N3O2/c1-16-14(13(15)18,11-17(2)9-10-19-3)12-7-5-4-6-8-12/h4-8,16H,9-11H2,1-3H3,(H2,15,18). The van der Waals surface area contributed by atoms with E-state index in [-0.39, 0.29) is 5.91 Å². The molecule has 5 nitrogen and oxygen atoms in total. The fourth-order valence-electron chi connectivity index (χ4n) is 2.11. The van der Waals surface area contributed by atoms with Crippen LogP contribution in [0, 0.1) is 0 Å². The number of primary amides is 1. The molecule has 0 aliphatic heterocycles. The van der Waals surface area contributed by atoms with Gasteiger partial charge in [0, 0.05) is 20.2 Å². The van der Waals surface area contributed by atoms with E-state index in [1.807, 2.05) is 42.3 Å². The number of nitrogens with zero attached hydrogens (tertiary/aromatic N) is 1. The minimum Gasteiger partial charge on any atom is -0.383 e. The van der Waals surface area contributed by atoms with Crippen LogP contribution < -0.4 is 11.1 Å². The minimum absolute atomic E-state index is 0.384. The van der Waals surface area contributed by atoms with Crippen LogP contribution >= 0.6 is 0 Å². The molecule has 3 N–H and O–H groups in total. The van der Waals surface area contributed by atoms with Crippen molar-refractivity contribution in [3.8, 4) is 0 Å². The van der Waals surface area contributed by atoms with E-state index >= 15 is 0 Å². The summed E-state index contributed by atoms with van der Waals surface area (Å²) in [7, 11) is 5.35. The van der Waals surface area contributed by atoms with Crippen LogP contribution in [-0.2, 0) is 15.1 Å². The number of ether oxygens (including phenoxy) is 1. The zero-order valence-corrected chi connectivity index (χ0v) is 11.8. The summed E-state index contributed by atoms with van der Waals surface area (Å²) in [6, 6.07) is 9.54. The Morgan fingerprint density at radius 2 is 2.05 bits per heavy atom. The normalized spacial score (nSPS) is 14.3. The van der Waals surface area contributed by atoms with Crippen LogP contribution in [0.5, 0.6) is 0 Å². The maximum absolute atomic E-state index is 12.0. The quantitative estimate of drug-likeness (QED) is 0.703. The SMILES string of the molecule is CNC(CN(C)CCOC)(C(N)=O)c1ccccc1. The molecule has 0 spiro atoms. The number of rotatable bonds is 8. The van der Waals surface area contributed by atoms with E-state index in [4.69, 9.17) is 10.5 Å². The van der Waals surface area contributed by atoms with Crippen molar-refractivity contribution in [1.82, 2.24) is 10.2 Å². The molecule has 1 aromatic carbocycles. The Kier molecular flexibility index (Phi) is 5.95. The molecule has 0 aliphatic carbocycles. The highest BCUT2D eigenvalue weighted by Crippen LogP contribution is 2.21. The van der Waals surface area contributed by atoms with Crippen LogP contribution in [0.15, 0.2) is 30.3 Å². The summed E-state index contributed by atoms with van der Waals surface area (Å²) in [4.78, 5) is 14.0. The molecule has 0 saturated carbocycles. The van der Waals surface area contributed by atoms with Crippen LogP contribution in [0.3, 0.4) is 0 Å². The largest absolute Gasteiger partial charge is 0.383 e. The smallest absolute Gasteiger partial charge is 0.243 e. The van der Waals surface area contributed by atoms with Gasteiger partial charge < -0.3 is 20.7 Å². The zero-order chi connectivity index (χ0) is 14.3. The first-order chi connectivity index (χ1) is 9.06. The first kappa shape index (κ1) is 15.6. The van der Waals surface area contributed by atoms with Gasteiger partial charge in [-0.05, 0) is 19.7 Å². The van der Waals surface area contributed by atoms with Gasteiger partial charge in [-0.25, -0.2) is 0 Å². The molecule has 1 atom stereocenters. The number of likely N-dealkylation sites (N-methyl/N-ethyl adjacent to an activating group) is 2. The first-order valence-corrected chi connectivity index (χ1v) is 6.28. The van der Waals surface area contributed by atoms with Gasteiger partial charge in [-0.3, -0.25) is 4.79 Å². The fourth-order valence-corrected chi connectivity index (χ4v) is 2.11. The van der Waals surface area contributed by atoms with Gasteiger partial charge in [0.15, 0.2) is 0 Å². The second kappa shape index (κ2) is 7.23. The van der Waals surface area contributed by atoms with Crippen molar-refractivity contribution in [2.24, 2.45) is 5.73 Å². The van der Waals surface area contributed by atoms with E-state index in [2.05, 4.69) is 5.32 Å². The summed E-state index contributed by atoms with van der Waals surface area (Å²) in [5.74, 6) is -0.384. The molecular formula is C14H23N3O2. The number of amides is 1. The molecule has 1 unspecified atom stereocenters. The number of nitrogens with one attached hydrogen (secondary N) is 1. The molecular weight excluding hydrogens is 242 g/mol. The summed E-state index contributed by atoms with van der Waals surface area (Å²) in [6.45, 7) is 1.84. The first-order valence-electron chi connectivity index (χ1n) is 6.28. The highest BCUT2D eigenvalue weighted by molar-refractivity contribution is 5.86. The van der Waals surface area contributed by atoms with Gasteiger partial charge in [-0.15, -0.1) is 0 Å². The predicted molar refractivity (Wildman–Crippen MR) is 75.7 cm³/mol. The van der Waals surface area contributed by atoms with Gasteiger partial charge in [0.05, 0.1) is 6.61 Å². The molecule has 0 fully saturated rings. The maximum atomic E-state index is 12.0. The summed E-state index contributed by atoms with van der Waals surface area (Å²) >= 11 is 0. The number of nitrogens with two attached hydrogens (primary N) is 1. The van der Waals surface area contributed by atoms with Crippen molar-refractivity contribution >= 4 is 5.91 Å². The number of methoxy groups -OCH3 is 1. The molecule has 1 amide bonds. The average molecular weight is 265 g/mol. The van der Waals surface area contributed by atoms with Crippen LogP contribution in [0.4, 0.5) is 0 Å². The second-order valence-corrected chi connectivity index (χ2v) is 4.62. The third-order valence-corrected chi connectivity index (χ3v) is 3.30. The molecule has 19 heavy (non-hydrogen) atoms. The van der Waals surface area contributed by atoms with Crippen molar-refractivity contribution in [2.75, 3.05) is 40.9 Å². The lowest BCUT2D eigenvalue weighted by molar-refractivity contribution is -0.125. The van der Waals surface area contributed by atoms with Gasteiger partial charge >= 0.3 is 0 Å². The molecule has 0 radical (unpaired) electrons. The lowest BCUT2D eigenvalue weighted by Crippen LogP contribution is -2.57. The number of hydrogen-bond donors (Lipinski definition) is 2. The molecule has 1 aromatic rings. The Balaban J connectivity index is 2.97. The van der Waals surface area contributed by atoms with Crippen molar-refractivity contribution in [3.05, 3.63) is 35.9 Å². The van der Waals surface area contributed by atoms with E-state index in [0.717, 1.165) is 12.1 Å². The minimum atomic E-state index is -0.885. The third-order valence-electron chi connectivity index (χ3n) is 3.30. The highest BCUT2D eigenvalue weighted by atomic mass is 16.5. The summed E-state index contributed by atoms with van der Waals surface area (Å²) in [5.41, 5.74) is 5.62. The second-order valence-electron chi connectivity index (χ2n) is 4.62. The lowest BCUT2D eigenvalue weighted by Gasteiger charge is -2.34. The zero-order valence-electron chi connectivity index (χ0n) is 11.8. The van der Waals surface area contributed by atoms with Gasteiger partial charge in [0.1, 0.15) is 5.54 Å². The fraction of sp³-hybridized carbons (Fsp3) is 0.500. The van der Waals surface area contributed by atoms with Gasteiger partial charge in [0.25, 0.3) is 0 Å². The van der Waals surface area contributed by atoms with Crippen LogP contribution in [0.25, 0.3) is 0 Å². The third kappa shape index (κ3) is 3.76. The Morgan fingerprint density at radius 3 is 2.53 bits per heavy atom. The van der Waals surface area contributed by atoms with E-state index < -0.39 is 5.54 Å². The topological polar surface area (TPSA) is 67.6 Å². The summed E-state index contributed by atoms with van der Waals surface area (Å²) in [6.07, 6.45) is 0. The number of carbonyl (C=O) groups is 1. The summed E-state index contributed by atoms with van der Waals surface area (Å²) in [5, 5.41) is 3.08. The highest BCUT2D eigenvalue weighted by Gasteiger charge is 2.37. The molecule has 0 bridgehead atoms. The molecule has 0 heterocycles. The Hall–Kier alpha value is -1.43. The van der Waals surface area contributed by atoms with Crippen LogP contribution in [0.1, 0.15) is 5.56 Å². The molecule has 5 heteroatoms. The van der Waals surface area contributed by atoms with E-state index in [1.165, 1.54) is 0 Å². The van der Waals surface area contributed by atoms with Crippen LogP contribution in [0.2, 0.25) is 0 Å². The summed E-state index contributed by atoms with van der Waals surface area (Å²) < 4.78 is 5.05. The Morgan fingerprint density at radius 1 is 1.42 bits per heavy atom. The number of benzene rings is 1. The Bertz CT molecular complexity index is 397. The van der Waals surface area contributed by atoms with Gasteiger partial charge in [0.2, 0.25) is 5.91 Å². The van der Waals surface area contributed by atoms with Crippen molar-refractivity contribution < 1.29 is 9.53 Å². The lowest BCUT2D eigenvalue weighted by atomic mass is 9.88. The van der Waals surface area contributed by atoms with Crippen molar-refractivity contribution in [2.45, 2.75) is 5.54 Å². The van der Waals surface area contributed by atoms with Gasteiger partial charge in [-0.2, -0.15) is 0 Å². The number of hydrogen-bond acceptors (Lipinski definition) is 4. The molecule has 0 aliphatic rings. The van der Waals surface area contributed by atoms with Gasteiger partial charge in [-0.1, -0.05) is 30.3 Å². The number of carbonyl (C=O) groups excluding carboxylic acids is 1. The average Bonchev–Trinajstić information content (AvgIpc) is 2.43. The molecule has 1 rings (SSSR count). The van der Waals surface area contributed by atoms with E-state index in [0.29, 0.717) is 13.2 Å². The Labute approximate surface area is 114 Å². The van der Waals surface area contributed by atoms with E-state index in [1.54, 1.807) is 14.2 Å². The monoisotopic (exact) mass is 265 g/mol. The molecule has 0 aromatic heterocycles. The van der Waals surface area contributed by atoms with Crippen molar-refractivity contribution in [3.63, 3.8) is 0 Å². The molecule has 106 valence electrons. The van der Waals surface area contributed by atoms with Crippen LogP contribution in [-0.4, -0.2) is 51.7 Å². The van der Waals surface area contributed by atoms with Crippen molar-refractivity contribution in [1.29, 1.82) is 0 Å².